The zero-order valence-electron chi connectivity index (χ0n) is 12.0. The number of carboxylic acid groups (broad SMARTS) is 1. The number of rotatable bonds is 4. The maximum absolute atomic E-state index is 10.9. The van der Waals surface area contributed by atoms with E-state index < -0.39 is 5.97 Å². The second kappa shape index (κ2) is 6.72. The Hall–Kier alpha value is -0.870. The second-order valence-corrected chi connectivity index (χ2v) is 6.85. The van der Waals surface area contributed by atoms with Gasteiger partial charge in [0.1, 0.15) is 0 Å². The van der Waals surface area contributed by atoms with Crippen molar-refractivity contribution in [2.45, 2.75) is 45.7 Å². The van der Waals surface area contributed by atoms with Crippen LogP contribution in [0.3, 0.4) is 0 Å². The van der Waals surface area contributed by atoms with Crippen molar-refractivity contribution in [2.24, 2.45) is 11.8 Å². The molecule has 1 aliphatic carbocycles. The lowest BCUT2D eigenvalue weighted by molar-refractivity contribution is 0.0697. The first-order valence-corrected chi connectivity index (χ1v) is 8.01. The Morgan fingerprint density at radius 1 is 1.40 bits per heavy atom. The van der Waals surface area contributed by atoms with Gasteiger partial charge in [0.05, 0.1) is 5.56 Å². The van der Waals surface area contributed by atoms with Crippen LogP contribution in [-0.4, -0.2) is 17.1 Å². The van der Waals surface area contributed by atoms with Crippen LogP contribution in [0.4, 0.5) is 0 Å². The molecule has 2 rings (SSSR count). The SMILES string of the molecule is CC1CCC(NCc2ccc(C(=O)O)cc2Br)C(C)C1. The zero-order valence-corrected chi connectivity index (χ0v) is 13.6. The first kappa shape index (κ1) is 15.5. The van der Waals surface area contributed by atoms with Crippen LogP contribution < -0.4 is 5.32 Å². The van der Waals surface area contributed by atoms with E-state index in [0.29, 0.717) is 17.5 Å². The Morgan fingerprint density at radius 3 is 2.75 bits per heavy atom. The molecule has 1 aromatic rings. The molecule has 0 aromatic heterocycles. The highest BCUT2D eigenvalue weighted by molar-refractivity contribution is 9.10. The molecule has 110 valence electrons. The van der Waals surface area contributed by atoms with E-state index in [1.807, 2.05) is 6.07 Å². The molecule has 4 heteroatoms. The Labute approximate surface area is 128 Å². The molecule has 0 spiro atoms. The van der Waals surface area contributed by atoms with Crippen LogP contribution in [0.25, 0.3) is 0 Å². The number of nitrogens with one attached hydrogen (secondary N) is 1. The van der Waals surface area contributed by atoms with Crippen molar-refractivity contribution in [3.63, 3.8) is 0 Å². The number of halogens is 1. The first-order chi connectivity index (χ1) is 9.47. The number of carbonyl (C=O) groups is 1. The molecule has 3 unspecified atom stereocenters. The molecule has 0 amide bonds. The summed E-state index contributed by atoms with van der Waals surface area (Å²) in [5, 5.41) is 12.6. The van der Waals surface area contributed by atoms with Crippen molar-refractivity contribution in [3.05, 3.63) is 33.8 Å². The van der Waals surface area contributed by atoms with E-state index in [1.165, 1.54) is 19.3 Å². The van der Waals surface area contributed by atoms with E-state index in [0.717, 1.165) is 22.5 Å². The summed E-state index contributed by atoms with van der Waals surface area (Å²) >= 11 is 3.46. The van der Waals surface area contributed by atoms with Crippen LogP contribution in [0.5, 0.6) is 0 Å². The molecule has 1 fully saturated rings. The number of hydrogen-bond acceptors (Lipinski definition) is 2. The molecule has 0 aliphatic heterocycles. The molecular weight excluding hydrogens is 318 g/mol. The van der Waals surface area contributed by atoms with Crippen LogP contribution in [0.1, 0.15) is 49.0 Å². The lowest BCUT2D eigenvalue weighted by atomic mass is 9.80. The Kier molecular flexibility index (Phi) is 5.22. The van der Waals surface area contributed by atoms with Crippen molar-refractivity contribution in [3.8, 4) is 0 Å². The van der Waals surface area contributed by atoms with Gasteiger partial charge in [-0.05, 0) is 48.8 Å². The molecule has 0 radical (unpaired) electrons. The Balaban J connectivity index is 1.95. The summed E-state index contributed by atoms with van der Waals surface area (Å²) in [6.07, 6.45) is 3.81. The third-order valence-corrected chi connectivity index (χ3v) is 5.02. The van der Waals surface area contributed by atoms with Crippen molar-refractivity contribution < 1.29 is 9.90 Å². The molecule has 3 atom stereocenters. The second-order valence-electron chi connectivity index (χ2n) is 5.99. The average Bonchev–Trinajstić information content (AvgIpc) is 2.38. The van der Waals surface area contributed by atoms with Crippen LogP contribution in [0.2, 0.25) is 0 Å². The minimum Gasteiger partial charge on any atom is -0.478 e. The fraction of sp³-hybridized carbons (Fsp3) is 0.562. The van der Waals surface area contributed by atoms with Crippen LogP contribution in [0, 0.1) is 11.8 Å². The van der Waals surface area contributed by atoms with Crippen molar-refractivity contribution in [1.29, 1.82) is 0 Å². The van der Waals surface area contributed by atoms with E-state index in [1.54, 1.807) is 12.1 Å². The van der Waals surface area contributed by atoms with Crippen molar-refractivity contribution in [2.75, 3.05) is 0 Å². The molecule has 1 aliphatic rings. The third-order valence-electron chi connectivity index (χ3n) is 4.29. The summed E-state index contributed by atoms with van der Waals surface area (Å²) in [7, 11) is 0. The first-order valence-electron chi connectivity index (χ1n) is 7.22. The number of aromatic carboxylic acids is 1. The van der Waals surface area contributed by atoms with Crippen LogP contribution in [0.15, 0.2) is 22.7 Å². The molecular formula is C16H22BrNO2. The van der Waals surface area contributed by atoms with Gasteiger partial charge in [-0.25, -0.2) is 4.79 Å². The summed E-state index contributed by atoms with van der Waals surface area (Å²) in [5.41, 5.74) is 1.43. The summed E-state index contributed by atoms with van der Waals surface area (Å²) in [4.78, 5) is 10.9. The largest absolute Gasteiger partial charge is 0.478 e. The summed E-state index contributed by atoms with van der Waals surface area (Å²) < 4.78 is 0.863. The van der Waals surface area contributed by atoms with Gasteiger partial charge in [0, 0.05) is 17.1 Å². The standard InChI is InChI=1S/C16H22BrNO2/c1-10-3-6-15(11(2)7-10)18-9-13-5-4-12(16(19)20)8-14(13)17/h4-5,8,10-11,15,18H,3,6-7,9H2,1-2H3,(H,19,20). The molecule has 0 saturated heterocycles. The van der Waals surface area contributed by atoms with E-state index in [9.17, 15) is 4.79 Å². The highest BCUT2D eigenvalue weighted by atomic mass is 79.9. The monoisotopic (exact) mass is 339 g/mol. The topological polar surface area (TPSA) is 49.3 Å². The smallest absolute Gasteiger partial charge is 0.335 e. The summed E-state index contributed by atoms with van der Waals surface area (Å²) in [6, 6.07) is 5.79. The average molecular weight is 340 g/mol. The maximum atomic E-state index is 10.9. The highest BCUT2D eigenvalue weighted by Crippen LogP contribution is 2.29. The predicted octanol–water partition coefficient (Wildman–Crippen LogP) is 4.06. The molecule has 1 aromatic carbocycles. The zero-order chi connectivity index (χ0) is 14.7. The van der Waals surface area contributed by atoms with Gasteiger partial charge in [-0.3, -0.25) is 0 Å². The maximum Gasteiger partial charge on any atom is 0.335 e. The highest BCUT2D eigenvalue weighted by Gasteiger charge is 2.24. The van der Waals surface area contributed by atoms with Crippen LogP contribution in [-0.2, 0) is 6.54 Å². The van der Waals surface area contributed by atoms with Gasteiger partial charge in [-0.15, -0.1) is 0 Å². The van der Waals surface area contributed by atoms with E-state index in [4.69, 9.17) is 5.11 Å². The van der Waals surface area contributed by atoms with Gasteiger partial charge in [0.2, 0.25) is 0 Å². The Morgan fingerprint density at radius 2 is 2.15 bits per heavy atom. The number of hydrogen-bond donors (Lipinski definition) is 2. The number of benzene rings is 1. The fourth-order valence-electron chi connectivity index (χ4n) is 3.03. The van der Waals surface area contributed by atoms with Crippen molar-refractivity contribution >= 4 is 21.9 Å². The molecule has 2 N–H and O–H groups in total. The predicted molar refractivity (Wildman–Crippen MR) is 83.9 cm³/mol. The van der Waals surface area contributed by atoms with Gasteiger partial charge in [-0.2, -0.15) is 0 Å². The third kappa shape index (κ3) is 3.83. The molecule has 20 heavy (non-hydrogen) atoms. The van der Waals surface area contributed by atoms with E-state index >= 15 is 0 Å². The number of carboxylic acids is 1. The minimum atomic E-state index is -0.889. The fourth-order valence-corrected chi connectivity index (χ4v) is 3.55. The van der Waals surface area contributed by atoms with Crippen molar-refractivity contribution in [1.82, 2.24) is 5.32 Å². The molecule has 0 bridgehead atoms. The van der Waals surface area contributed by atoms with Gasteiger partial charge in [-0.1, -0.05) is 35.8 Å². The molecule has 3 nitrogen and oxygen atoms in total. The van der Waals surface area contributed by atoms with E-state index in [2.05, 4.69) is 35.1 Å². The van der Waals surface area contributed by atoms with E-state index in [-0.39, 0.29) is 0 Å². The van der Waals surface area contributed by atoms with Gasteiger partial charge >= 0.3 is 5.97 Å². The van der Waals surface area contributed by atoms with Gasteiger partial charge in [0.25, 0.3) is 0 Å². The normalized spacial score (nSPS) is 26.4. The van der Waals surface area contributed by atoms with Gasteiger partial charge < -0.3 is 10.4 Å². The molecule has 1 saturated carbocycles. The van der Waals surface area contributed by atoms with Crippen LogP contribution >= 0.6 is 15.9 Å². The summed E-state index contributed by atoms with van der Waals surface area (Å²) in [6.45, 7) is 5.42. The molecule has 0 heterocycles. The summed E-state index contributed by atoms with van der Waals surface area (Å²) in [5.74, 6) is 0.653. The van der Waals surface area contributed by atoms with Gasteiger partial charge in [0.15, 0.2) is 0 Å². The minimum absolute atomic E-state index is 0.320. The Bertz CT molecular complexity index is 489. The quantitative estimate of drug-likeness (QED) is 0.869. The lowest BCUT2D eigenvalue weighted by Gasteiger charge is -2.33. The lowest BCUT2D eigenvalue weighted by Crippen LogP contribution is -2.38.